The van der Waals surface area contributed by atoms with E-state index in [0.717, 1.165) is 10.6 Å². The maximum atomic E-state index is 12.3. The monoisotopic (exact) mass is 317 g/mol. The van der Waals surface area contributed by atoms with Crippen LogP contribution in [0.2, 0.25) is 0 Å². The zero-order valence-electron chi connectivity index (χ0n) is 11.1. The predicted molar refractivity (Wildman–Crippen MR) is 73.8 cm³/mol. The zero-order valence-corrected chi connectivity index (χ0v) is 12.7. The Morgan fingerprint density at radius 2 is 1.85 bits per heavy atom. The highest BCUT2D eigenvalue weighted by Crippen LogP contribution is 2.18. The van der Waals surface area contributed by atoms with Gasteiger partial charge in [-0.25, -0.2) is 21.6 Å². The van der Waals surface area contributed by atoms with Crippen molar-refractivity contribution in [2.45, 2.75) is 4.90 Å². The van der Waals surface area contributed by atoms with Gasteiger partial charge < -0.3 is 0 Å². The number of benzene rings is 1. The number of nitrogens with zero attached hydrogens (tertiary/aromatic N) is 2. The Balaban J connectivity index is 2.91. The van der Waals surface area contributed by atoms with E-state index in [-0.39, 0.29) is 23.5 Å². The lowest BCUT2D eigenvalue weighted by Crippen LogP contribution is -2.36. The molecule has 0 amide bonds. The normalized spacial score (nSPS) is 12.3. The molecule has 7 nitrogen and oxygen atoms in total. The Bertz CT molecular complexity index is 720. The largest absolute Gasteiger partial charge is 0.244 e. The van der Waals surface area contributed by atoms with Gasteiger partial charge in [-0.1, -0.05) is 12.1 Å². The summed E-state index contributed by atoms with van der Waals surface area (Å²) in [4.78, 5) is -0.0932. The third-order valence-electron chi connectivity index (χ3n) is 2.49. The smallest absolute Gasteiger partial charge is 0.214 e. The number of likely N-dealkylation sites (N-methyl/N-ethyl adjacent to an activating group) is 1. The summed E-state index contributed by atoms with van der Waals surface area (Å²) >= 11 is 0. The lowest BCUT2D eigenvalue weighted by atomic mass is 10.2. The van der Waals surface area contributed by atoms with Crippen LogP contribution in [0.25, 0.3) is 0 Å². The van der Waals surface area contributed by atoms with Crippen LogP contribution in [-0.2, 0) is 20.0 Å². The van der Waals surface area contributed by atoms with Crippen molar-refractivity contribution in [1.82, 2.24) is 9.03 Å². The van der Waals surface area contributed by atoms with Crippen LogP contribution >= 0.6 is 0 Å². The highest BCUT2D eigenvalue weighted by atomic mass is 32.2. The molecule has 0 unspecified atom stereocenters. The summed E-state index contributed by atoms with van der Waals surface area (Å²) in [5.41, 5.74) is 0.0513. The fourth-order valence-electron chi connectivity index (χ4n) is 1.46. The summed E-state index contributed by atoms with van der Waals surface area (Å²) in [6, 6.07) is 7.67. The molecule has 1 rings (SSSR count). The molecule has 1 N–H and O–H groups in total. The summed E-state index contributed by atoms with van der Waals surface area (Å²) < 4.78 is 49.6. The molecule has 0 aliphatic carbocycles. The van der Waals surface area contributed by atoms with Gasteiger partial charge in [-0.15, -0.1) is 0 Å². The van der Waals surface area contributed by atoms with E-state index >= 15 is 0 Å². The Hall–Kier alpha value is -1.47. The summed E-state index contributed by atoms with van der Waals surface area (Å²) in [6.45, 7) is -0.0710. The van der Waals surface area contributed by atoms with Crippen LogP contribution in [0.1, 0.15) is 5.56 Å². The van der Waals surface area contributed by atoms with Crippen LogP contribution in [0.5, 0.6) is 0 Å². The van der Waals surface area contributed by atoms with Gasteiger partial charge in [0, 0.05) is 20.1 Å². The molecule has 0 radical (unpaired) electrons. The summed E-state index contributed by atoms with van der Waals surface area (Å²) in [5.74, 6) is 0. The van der Waals surface area contributed by atoms with Gasteiger partial charge in [0.05, 0.1) is 16.7 Å². The van der Waals surface area contributed by atoms with E-state index in [1.807, 2.05) is 6.07 Å². The topological polar surface area (TPSA) is 107 Å². The first-order valence-electron chi connectivity index (χ1n) is 5.58. The minimum Gasteiger partial charge on any atom is -0.214 e. The van der Waals surface area contributed by atoms with E-state index in [9.17, 15) is 16.8 Å². The Labute approximate surface area is 118 Å². The molecule has 0 aliphatic rings. The summed E-state index contributed by atoms with van der Waals surface area (Å²) in [7, 11) is -5.86. The van der Waals surface area contributed by atoms with E-state index < -0.39 is 20.0 Å². The van der Waals surface area contributed by atoms with Gasteiger partial charge in [-0.05, 0) is 12.1 Å². The fraction of sp³-hybridized carbons (Fsp3) is 0.364. The van der Waals surface area contributed by atoms with Gasteiger partial charge >= 0.3 is 0 Å². The van der Waals surface area contributed by atoms with Crippen LogP contribution in [0.3, 0.4) is 0 Å². The van der Waals surface area contributed by atoms with E-state index in [1.165, 1.54) is 25.2 Å². The van der Waals surface area contributed by atoms with Gasteiger partial charge in [-0.2, -0.15) is 9.57 Å². The number of sulfonamides is 2. The summed E-state index contributed by atoms with van der Waals surface area (Å²) in [6.07, 6.45) is 0.993. The standard InChI is InChI=1S/C11H15N3O4S2/c1-14(8-7-13-19(2,15)16)20(17,18)11-6-4-3-5-10(11)9-12/h3-6,13H,7-8H2,1-2H3. The first-order valence-corrected chi connectivity index (χ1v) is 8.92. The minimum absolute atomic E-state index is 0.0326. The Morgan fingerprint density at radius 3 is 2.40 bits per heavy atom. The molecule has 0 bridgehead atoms. The van der Waals surface area contributed by atoms with Crippen molar-refractivity contribution in [3.05, 3.63) is 29.8 Å². The summed E-state index contributed by atoms with van der Waals surface area (Å²) in [5, 5.41) is 8.92. The number of rotatable bonds is 6. The van der Waals surface area contributed by atoms with Crippen molar-refractivity contribution in [2.24, 2.45) is 0 Å². The van der Waals surface area contributed by atoms with Gasteiger partial charge in [0.1, 0.15) is 6.07 Å². The van der Waals surface area contributed by atoms with E-state index in [1.54, 1.807) is 6.07 Å². The maximum absolute atomic E-state index is 12.3. The van der Waals surface area contributed by atoms with Crippen molar-refractivity contribution >= 4 is 20.0 Å². The van der Waals surface area contributed by atoms with Gasteiger partial charge in [0.2, 0.25) is 20.0 Å². The van der Waals surface area contributed by atoms with Crippen molar-refractivity contribution in [3.63, 3.8) is 0 Å². The highest BCUT2D eigenvalue weighted by Gasteiger charge is 2.23. The van der Waals surface area contributed by atoms with Crippen LogP contribution in [0.15, 0.2) is 29.2 Å². The first-order chi connectivity index (χ1) is 9.18. The first kappa shape index (κ1) is 16.6. The lowest BCUT2D eigenvalue weighted by molar-refractivity contribution is 0.469. The van der Waals surface area contributed by atoms with Crippen LogP contribution in [0.4, 0.5) is 0 Å². The molecule has 1 aromatic carbocycles. The predicted octanol–water partition coefficient (Wildman–Crippen LogP) is -0.272. The fourth-order valence-corrected chi connectivity index (χ4v) is 3.23. The van der Waals surface area contributed by atoms with Gasteiger partial charge in [-0.3, -0.25) is 0 Å². The zero-order chi connectivity index (χ0) is 15.4. The van der Waals surface area contributed by atoms with Crippen molar-refractivity contribution in [2.75, 3.05) is 26.4 Å². The van der Waals surface area contributed by atoms with Crippen molar-refractivity contribution < 1.29 is 16.8 Å². The molecule has 0 spiro atoms. The van der Waals surface area contributed by atoms with Crippen LogP contribution in [-0.4, -0.2) is 47.5 Å². The van der Waals surface area contributed by atoms with Crippen molar-refractivity contribution in [3.8, 4) is 6.07 Å². The quantitative estimate of drug-likeness (QED) is 0.777. The molecular weight excluding hydrogens is 302 g/mol. The second kappa shape index (κ2) is 6.32. The van der Waals surface area contributed by atoms with Crippen LogP contribution < -0.4 is 4.72 Å². The van der Waals surface area contributed by atoms with E-state index in [0.29, 0.717) is 0 Å². The molecule has 0 saturated carbocycles. The third kappa shape index (κ3) is 4.28. The number of nitrogens with one attached hydrogen (secondary N) is 1. The Morgan fingerprint density at radius 1 is 1.25 bits per heavy atom. The highest BCUT2D eigenvalue weighted by molar-refractivity contribution is 7.89. The molecule has 0 aromatic heterocycles. The second-order valence-electron chi connectivity index (χ2n) is 4.10. The molecule has 0 fully saturated rings. The van der Waals surface area contributed by atoms with Crippen LogP contribution in [0, 0.1) is 11.3 Å². The number of nitriles is 1. The molecule has 1 aromatic rings. The molecule has 0 heterocycles. The Kier molecular flexibility index (Phi) is 5.24. The SMILES string of the molecule is CN(CCNS(C)(=O)=O)S(=O)(=O)c1ccccc1C#N. The average molecular weight is 317 g/mol. The molecule has 0 atom stereocenters. The number of hydrogen-bond donors (Lipinski definition) is 1. The van der Waals surface area contributed by atoms with E-state index in [2.05, 4.69) is 4.72 Å². The average Bonchev–Trinajstić information content (AvgIpc) is 2.37. The minimum atomic E-state index is -3.82. The molecule has 20 heavy (non-hydrogen) atoms. The van der Waals surface area contributed by atoms with Gasteiger partial charge in [0.15, 0.2) is 0 Å². The van der Waals surface area contributed by atoms with E-state index in [4.69, 9.17) is 5.26 Å². The molecule has 0 aliphatic heterocycles. The maximum Gasteiger partial charge on any atom is 0.244 e. The second-order valence-corrected chi connectivity index (χ2v) is 7.95. The molecule has 110 valence electrons. The molecule has 0 saturated heterocycles. The molecule has 9 heteroatoms. The molecular formula is C11H15N3O4S2. The van der Waals surface area contributed by atoms with Crippen molar-refractivity contribution in [1.29, 1.82) is 5.26 Å². The third-order valence-corrected chi connectivity index (χ3v) is 5.13. The number of hydrogen-bond acceptors (Lipinski definition) is 5. The lowest BCUT2D eigenvalue weighted by Gasteiger charge is -2.17. The van der Waals surface area contributed by atoms with Gasteiger partial charge in [0.25, 0.3) is 0 Å².